The predicted octanol–water partition coefficient (Wildman–Crippen LogP) is 1.76. The normalized spacial score (nSPS) is 12.4. The number of carboxylic acid groups (broad SMARTS) is 1. The fourth-order valence-electron chi connectivity index (χ4n) is 1.07. The van der Waals surface area contributed by atoms with Crippen LogP contribution in [0.4, 0.5) is 4.39 Å². The maximum Gasteiger partial charge on any atom is 0.321 e. The minimum absolute atomic E-state index is 0.274. The van der Waals surface area contributed by atoms with Gasteiger partial charge in [-0.1, -0.05) is 12.1 Å². The Balaban J connectivity index is 2.72. The molecule has 0 saturated carbocycles. The SMILES string of the molecule is O=C(O)[C@H](Cc1cccc(F)c1)NI. The van der Waals surface area contributed by atoms with Crippen LogP contribution in [0.1, 0.15) is 5.56 Å². The Bertz CT molecular complexity index is 332. The summed E-state index contributed by atoms with van der Waals surface area (Å²) in [6, 6.07) is 5.25. The zero-order chi connectivity index (χ0) is 10.6. The summed E-state index contributed by atoms with van der Waals surface area (Å²) in [6.07, 6.45) is 0.274. The topological polar surface area (TPSA) is 49.3 Å². The second kappa shape index (κ2) is 5.26. The van der Waals surface area contributed by atoms with Crippen LogP contribution in [-0.2, 0) is 11.2 Å². The fourth-order valence-corrected chi connectivity index (χ4v) is 1.56. The molecule has 0 spiro atoms. The molecule has 14 heavy (non-hydrogen) atoms. The van der Waals surface area contributed by atoms with E-state index in [0.29, 0.717) is 5.56 Å². The molecule has 0 saturated heterocycles. The molecule has 2 N–H and O–H groups in total. The molecule has 0 aliphatic rings. The summed E-state index contributed by atoms with van der Waals surface area (Å²) in [5.74, 6) is -1.29. The average molecular weight is 309 g/mol. The van der Waals surface area contributed by atoms with Gasteiger partial charge < -0.3 is 5.11 Å². The van der Waals surface area contributed by atoms with E-state index in [1.54, 1.807) is 35.0 Å². The van der Waals surface area contributed by atoms with Gasteiger partial charge in [0.1, 0.15) is 11.9 Å². The third-order valence-electron chi connectivity index (χ3n) is 1.76. The molecule has 0 bridgehead atoms. The van der Waals surface area contributed by atoms with Crippen LogP contribution >= 0.6 is 22.9 Å². The maximum atomic E-state index is 12.8. The lowest BCUT2D eigenvalue weighted by Crippen LogP contribution is -2.32. The lowest BCUT2D eigenvalue weighted by atomic mass is 10.1. The second-order valence-electron chi connectivity index (χ2n) is 2.83. The first-order chi connectivity index (χ1) is 6.63. The van der Waals surface area contributed by atoms with Crippen molar-refractivity contribution < 1.29 is 14.3 Å². The van der Waals surface area contributed by atoms with Gasteiger partial charge in [0.25, 0.3) is 0 Å². The molecule has 0 heterocycles. The third-order valence-corrected chi connectivity index (χ3v) is 2.51. The smallest absolute Gasteiger partial charge is 0.321 e. The van der Waals surface area contributed by atoms with Crippen molar-refractivity contribution >= 4 is 28.8 Å². The molecule has 1 atom stereocenters. The molecule has 0 radical (unpaired) electrons. The van der Waals surface area contributed by atoms with E-state index < -0.39 is 12.0 Å². The highest BCUT2D eigenvalue weighted by molar-refractivity contribution is 14.1. The minimum atomic E-state index is -0.941. The quantitative estimate of drug-likeness (QED) is 0.658. The Morgan fingerprint density at radius 2 is 2.36 bits per heavy atom. The van der Waals surface area contributed by atoms with E-state index in [9.17, 15) is 9.18 Å². The Labute approximate surface area is 94.8 Å². The average Bonchev–Trinajstić information content (AvgIpc) is 2.14. The van der Waals surface area contributed by atoms with Gasteiger partial charge in [0, 0.05) is 22.9 Å². The maximum absolute atomic E-state index is 12.8. The zero-order valence-electron chi connectivity index (χ0n) is 7.21. The van der Waals surface area contributed by atoms with Gasteiger partial charge >= 0.3 is 5.97 Å². The van der Waals surface area contributed by atoms with Gasteiger partial charge in [0.2, 0.25) is 0 Å². The van der Waals surface area contributed by atoms with Crippen LogP contribution in [0.3, 0.4) is 0 Å². The molecule has 5 heteroatoms. The van der Waals surface area contributed by atoms with E-state index in [-0.39, 0.29) is 12.2 Å². The number of aliphatic carboxylic acids is 1. The van der Waals surface area contributed by atoms with Crippen LogP contribution in [-0.4, -0.2) is 17.1 Å². The van der Waals surface area contributed by atoms with Crippen molar-refractivity contribution in [2.24, 2.45) is 0 Å². The Morgan fingerprint density at radius 1 is 1.64 bits per heavy atom. The van der Waals surface area contributed by atoms with Crippen molar-refractivity contribution in [1.82, 2.24) is 3.53 Å². The third kappa shape index (κ3) is 3.22. The summed E-state index contributed by atoms with van der Waals surface area (Å²) in [6.45, 7) is 0. The molecule has 76 valence electrons. The van der Waals surface area contributed by atoms with Crippen LogP contribution in [0.25, 0.3) is 0 Å². The highest BCUT2D eigenvalue weighted by Gasteiger charge is 2.15. The summed E-state index contributed by atoms with van der Waals surface area (Å²) < 4.78 is 15.4. The van der Waals surface area contributed by atoms with Crippen LogP contribution in [0.15, 0.2) is 24.3 Å². The number of rotatable bonds is 4. The molecule has 0 aromatic heterocycles. The van der Waals surface area contributed by atoms with Crippen molar-refractivity contribution in [3.63, 3.8) is 0 Å². The predicted molar refractivity (Wildman–Crippen MR) is 58.7 cm³/mol. The van der Waals surface area contributed by atoms with Crippen LogP contribution < -0.4 is 3.53 Å². The Morgan fingerprint density at radius 3 is 2.86 bits per heavy atom. The number of hydrogen-bond acceptors (Lipinski definition) is 2. The van der Waals surface area contributed by atoms with Gasteiger partial charge in [-0.2, -0.15) is 0 Å². The molecular formula is C9H9FINO2. The molecule has 1 aromatic rings. The molecule has 1 aromatic carbocycles. The molecule has 1 rings (SSSR count). The molecule has 0 amide bonds. The van der Waals surface area contributed by atoms with Gasteiger partial charge in [-0.25, -0.2) is 7.92 Å². The highest BCUT2D eigenvalue weighted by atomic mass is 127. The lowest BCUT2D eigenvalue weighted by molar-refractivity contribution is -0.138. The van der Waals surface area contributed by atoms with E-state index >= 15 is 0 Å². The van der Waals surface area contributed by atoms with Gasteiger partial charge in [0.05, 0.1) is 0 Å². The number of carbonyl (C=O) groups is 1. The number of benzene rings is 1. The summed E-state index contributed by atoms with van der Waals surface area (Å²) in [4.78, 5) is 10.7. The zero-order valence-corrected chi connectivity index (χ0v) is 9.36. The molecule has 0 fully saturated rings. The standard InChI is InChI=1S/C9H9FINO2/c10-7-3-1-2-6(4-7)5-8(12-11)9(13)14/h1-4,8,12H,5H2,(H,13,14)/t8-/m0/s1. The second-order valence-corrected chi connectivity index (χ2v) is 3.46. The first-order valence-corrected chi connectivity index (χ1v) is 5.04. The summed E-state index contributed by atoms with van der Waals surface area (Å²) in [5.41, 5.74) is 0.668. The number of nitrogens with one attached hydrogen (secondary N) is 1. The van der Waals surface area contributed by atoms with Crippen molar-refractivity contribution in [1.29, 1.82) is 0 Å². The summed E-state index contributed by atoms with van der Waals surface area (Å²) in [5, 5.41) is 8.74. The van der Waals surface area contributed by atoms with Crippen LogP contribution in [0, 0.1) is 5.82 Å². The van der Waals surface area contributed by atoms with Crippen molar-refractivity contribution in [3.05, 3.63) is 35.6 Å². The molecule has 0 aliphatic carbocycles. The number of carboxylic acids is 1. The van der Waals surface area contributed by atoms with Gasteiger partial charge in [0.15, 0.2) is 0 Å². The summed E-state index contributed by atoms with van der Waals surface area (Å²) in [7, 11) is 0. The van der Waals surface area contributed by atoms with Gasteiger partial charge in [-0.15, -0.1) is 0 Å². The molecule has 0 aliphatic heterocycles. The van der Waals surface area contributed by atoms with Crippen molar-refractivity contribution in [2.75, 3.05) is 0 Å². The molecule has 0 unspecified atom stereocenters. The van der Waals surface area contributed by atoms with Crippen molar-refractivity contribution in [2.45, 2.75) is 12.5 Å². The van der Waals surface area contributed by atoms with Crippen LogP contribution in [0.2, 0.25) is 0 Å². The summed E-state index contributed by atoms with van der Waals surface area (Å²) >= 11 is 1.78. The highest BCUT2D eigenvalue weighted by Crippen LogP contribution is 2.07. The van der Waals surface area contributed by atoms with Gasteiger partial charge in [-0.05, 0) is 24.1 Å². The largest absolute Gasteiger partial charge is 0.480 e. The van der Waals surface area contributed by atoms with Crippen molar-refractivity contribution in [3.8, 4) is 0 Å². The first-order valence-electron chi connectivity index (χ1n) is 3.97. The molecular weight excluding hydrogens is 300 g/mol. The van der Waals surface area contributed by atoms with Crippen LogP contribution in [0.5, 0.6) is 0 Å². The van der Waals surface area contributed by atoms with E-state index in [4.69, 9.17) is 5.11 Å². The fraction of sp³-hybridized carbons (Fsp3) is 0.222. The van der Waals surface area contributed by atoms with E-state index in [1.807, 2.05) is 0 Å². The number of halogens is 2. The van der Waals surface area contributed by atoms with E-state index in [1.165, 1.54) is 12.1 Å². The minimum Gasteiger partial charge on any atom is -0.480 e. The lowest BCUT2D eigenvalue weighted by Gasteiger charge is -2.09. The molecule has 3 nitrogen and oxygen atoms in total. The van der Waals surface area contributed by atoms with E-state index in [0.717, 1.165) is 0 Å². The monoisotopic (exact) mass is 309 g/mol. The van der Waals surface area contributed by atoms with Gasteiger partial charge in [-0.3, -0.25) is 4.79 Å². The van der Waals surface area contributed by atoms with E-state index in [2.05, 4.69) is 3.53 Å². The number of hydrogen-bond donors (Lipinski definition) is 2. The Kier molecular flexibility index (Phi) is 4.27. The first kappa shape index (κ1) is 11.4. The Hall–Kier alpha value is -0.690.